The van der Waals surface area contributed by atoms with E-state index < -0.39 is 5.97 Å². The molecule has 0 aliphatic rings. The third kappa shape index (κ3) is 3.11. The summed E-state index contributed by atoms with van der Waals surface area (Å²) in [6, 6.07) is -0.0312. The summed E-state index contributed by atoms with van der Waals surface area (Å²) >= 11 is 1.08. The molecule has 1 aromatic rings. The summed E-state index contributed by atoms with van der Waals surface area (Å²) in [5.74, 6) is -0.715. The van der Waals surface area contributed by atoms with Crippen LogP contribution in [0.1, 0.15) is 13.0 Å². The normalized spacial score (nSPS) is 12.6. The fourth-order valence-electron chi connectivity index (χ4n) is 1.24. The SMILES string of the molecule is COCC(C)n1c(N)nnc1SCC(=O)O. The summed E-state index contributed by atoms with van der Waals surface area (Å²) in [6.07, 6.45) is 0. The number of ether oxygens (including phenoxy) is 1. The molecule has 7 nitrogen and oxygen atoms in total. The average molecular weight is 246 g/mol. The van der Waals surface area contributed by atoms with E-state index in [1.54, 1.807) is 11.7 Å². The molecule has 0 radical (unpaired) electrons. The van der Waals surface area contributed by atoms with Gasteiger partial charge in [0.1, 0.15) is 0 Å². The van der Waals surface area contributed by atoms with Crippen molar-refractivity contribution in [3.63, 3.8) is 0 Å². The molecule has 0 aromatic carbocycles. The van der Waals surface area contributed by atoms with Crippen LogP contribution in [0.25, 0.3) is 0 Å². The lowest BCUT2D eigenvalue weighted by molar-refractivity contribution is -0.133. The summed E-state index contributed by atoms with van der Waals surface area (Å²) in [5.41, 5.74) is 5.65. The highest BCUT2D eigenvalue weighted by molar-refractivity contribution is 7.99. The first-order chi connectivity index (χ1) is 7.56. The lowest BCUT2D eigenvalue weighted by Gasteiger charge is -2.14. The predicted octanol–water partition coefficient (Wildman–Crippen LogP) is 0.244. The first-order valence-corrected chi connectivity index (χ1v) is 5.58. The van der Waals surface area contributed by atoms with Gasteiger partial charge in [0.15, 0.2) is 5.16 Å². The molecular formula is C8H14N4O3S. The molecular weight excluding hydrogens is 232 g/mol. The molecule has 0 saturated heterocycles. The van der Waals surface area contributed by atoms with E-state index in [0.717, 1.165) is 11.8 Å². The van der Waals surface area contributed by atoms with Crippen molar-refractivity contribution in [1.82, 2.24) is 14.8 Å². The number of hydrogen-bond acceptors (Lipinski definition) is 6. The molecule has 0 saturated carbocycles. The molecule has 1 aromatic heterocycles. The minimum atomic E-state index is -0.905. The zero-order valence-electron chi connectivity index (χ0n) is 9.08. The number of carboxylic acids is 1. The molecule has 0 aliphatic heterocycles. The van der Waals surface area contributed by atoms with Gasteiger partial charge in [0, 0.05) is 7.11 Å². The quantitative estimate of drug-likeness (QED) is 0.693. The average Bonchev–Trinajstić information content (AvgIpc) is 2.57. The minimum absolute atomic E-state index is 0.0312. The first-order valence-electron chi connectivity index (χ1n) is 4.60. The van der Waals surface area contributed by atoms with E-state index in [1.807, 2.05) is 6.92 Å². The molecule has 1 rings (SSSR count). The summed E-state index contributed by atoms with van der Waals surface area (Å²) < 4.78 is 6.67. The number of hydrogen-bond donors (Lipinski definition) is 2. The van der Waals surface area contributed by atoms with Crippen molar-refractivity contribution in [3.8, 4) is 0 Å². The number of anilines is 1. The second kappa shape index (κ2) is 5.71. The second-order valence-corrected chi connectivity index (χ2v) is 4.14. The summed E-state index contributed by atoms with van der Waals surface area (Å²) in [7, 11) is 1.58. The number of rotatable bonds is 6. The Balaban J connectivity index is 2.80. The minimum Gasteiger partial charge on any atom is -0.481 e. The fourth-order valence-corrected chi connectivity index (χ4v) is 2.01. The van der Waals surface area contributed by atoms with Crippen molar-refractivity contribution in [2.45, 2.75) is 18.1 Å². The summed E-state index contributed by atoms with van der Waals surface area (Å²) in [5, 5.41) is 16.6. The third-order valence-electron chi connectivity index (χ3n) is 1.86. The monoisotopic (exact) mass is 246 g/mol. The van der Waals surface area contributed by atoms with Gasteiger partial charge in [-0.15, -0.1) is 10.2 Å². The van der Waals surface area contributed by atoms with E-state index >= 15 is 0 Å². The van der Waals surface area contributed by atoms with Gasteiger partial charge in [-0.25, -0.2) is 0 Å². The van der Waals surface area contributed by atoms with Gasteiger partial charge in [-0.1, -0.05) is 11.8 Å². The number of methoxy groups -OCH3 is 1. The zero-order valence-corrected chi connectivity index (χ0v) is 9.90. The third-order valence-corrected chi connectivity index (χ3v) is 2.79. The van der Waals surface area contributed by atoms with Crippen LogP contribution >= 0.6 is 11.8 Å². The Bertz CT molecular complexity index is 368. The number of carboxylic acid groups (broad SMARTS) is 1. The molecule has 1 unspecified atom stereocenters. The van der Waals surface area contributed by atoms with Gasteiger partial charge in [0.2, 0.25) is 5.95 Å². The van der Waals surface area contributed by atoms with Crippen LogP contribution in [-0.4, -0.2) is 45.3 Å². The number of aromatic nitrogens is 3. The lowest BCUT2D eigenvalue weighted by Crippen LogP contribution is -2.15. The van der Waals surface area contributed by atoms with Gasteiger partial charge in [0.05, 0.1) is 18.4 Å². The maximum Gasteiger partial charge on any atom is 0.313 e. The van der Waals surface area contributed by atoms with Crippen molar-refractivity contribution in [2.75, 3.05) is 25.2 Å². The molecule has 16 heavy (non-hydrogen) atoms. The van der Waals surface area contributed by atoms with Gasteiger partial charge in [-0.3, -0.25) is 9.36 Å². The standard InChI is InChI=1S/C8H14N4O3S/c1-5(3-15-2)12-7(9)10-11-8(12)16-4-6(13)14/h5H,3-4H2,1-2H3,(H2,9,10)(H,13,14). The van der Waals surface area contributed by atoms with E-state index in [9.17, 15) is 4.79 Å². The van der Waals surface area contributed by atoms with Crippen LogP contribution in [0.15, 0.2) is 5.16 Å². The summed E-state index contributed by atoms with van der Waals surface area (Å²) in [4.78, 5) is 10.5. The van der Waals surface area contributed by atoms with Crippen LogP contribution in [0.5, 0.6) is 0 Å². The Kier molecular flexibility index (Phi) is 4.56. The van der Waals surface area contributed by atoms with E-state index in [-0.39, 0.29) is 17.7 Å². The van der Waals surface area contributed by atoms with Crippen molar-refractivity contribution in [3.05, 3.63) is 0 Å². The van der Waals surface area contributed by atoms with Gasteiger partial charge < -0.3 is 15.6 Å². The highest BCUT2D eigenvalue weighted by Crippen LogP contribution is 2.22. The topological polar surface area (TPSA) is 103 Å². The first kappa shape index (κ1) is 12.8. The molecule has 1 atom stereocenters. The van der Waals surface area contributed by atoms with Crippen molar-refractivity contribution >= 4 is 23.7 Å². The van der Waals surface area contributed by atoms with Crippen LogP contribution in [0.3, 0.4) is 0 Å². The second-order valence-electron chi connectivity index (χ2n) is 3.20. The number of nitrogens with zero attached hydrogens (tertiary/aromatic N) is 3. The van der Waals surface area contributed by atoms with E-state index in [2.05, 4.69) is 10.2 Å². The van der Waals surface area contributed by atoms with Crippen LogP contribution in [0.4, 0.5) is 5.95 Å². The predicted molar refractivity (Wildman–Crippen MR) is 59.4 cm³/mol. The van der Waals surface area contributed by atoms with Crippen LogP contribution < -0.4 is 5.73 Å². The number of aliphatic carboxylic acids is 1. The highest BCUT2D eigenvalue weighted by atomic mass is 32.2. The summed E-state index contributed by atoms with van der Waals surface area (Å²) in [6.45, 7) is 2.36. The van der Waals surface area contributed by atoms with Gasteiger partial charge in [-0.2, -0.15) is 0 Å². The van der Waals surface area contributed by atoms with Crippen molar-refractivity contribution < 1.29 is 14.6 Å². The molecule has 0 bridgehead atoms. The zero-order chi connectivity index (χ0) is 12.1. The Labute approximate surface area is 97.0 Å². The maximum absolute atomic E-state index is 10.5. The van der Waals surface area contributed by atoms with Gasteiger partial charge in [-0.05, 0) is 6.92 Å². The van der Waals surface area contributed by atoms with Crippen LogP contribution in [-0.2, 0) is 9.53 Å². The van der Waals surface area contributed by atoms with Gasteiger partial charge in [0.25, 0.3) is 0 Å². The maximum atomic E-state index is 10.5. The van der Waals surface area contributed by atoms with E-state index in [1.165, 1.54) is 0 Å². The van der Waals surface area contributed by atoms with Crippen molar-refractivity contribution in [1.29, 1.82) is 0 Å². The number of carbonyl (C=O) groups is 1. The Hall–Kier alpha value is -1.28. The highest BCUT2D eigenvalue weighted by Gasteiger charge is 2.16. The van der Waals surface area contributed by atoms with E-state index in [4.69, 9.17) is 15.6 Å². The molecule has 8 heteroatoms. The van der Waals surface area contributed by atoms with E-state index in [0.29, 0.717) is 11.8 Å². The van der Waals surface area contributed by atoms with Crippen molar-refractivity contribution in [2.24, 2.45) is 0 Å². The molecule has 1 heterocycles. The Morgan fingerprint density at radius 3 is 2.94 bits per heavy atom. The number of thioether (sulfide) groups is 1. The molecule has 0 fully saturated rings. The molecule has 0 amide bonds. The number of nitrogen functional groups attached to an aromatic ring is 1. The fraction of sp³-hybridized carbons (Fsp3) is 0.625. The van der Waals surface area contributed by atoms with Crippen LogP contribution in [0.2, 0.25) is 0 Å². The molecule has 90 valence electrons. The molecule has 3 N–H and O–H groups in total. The Morgan fingerprint density at radius 2 is 2.38 bits per heavy atom. The largest absolute Gasteiger partial charge is 0.481 e. The smallest absolute Gasteiger partial charge is 0.313 e. The molecule has 0 spiro atoms. The lowest BCUT2D eigenvalue weighted by atomic mass is 10.4. The number of nitrogens with two attached hydrogens (primary N) is 1. The van der Waals surface area contributed by atoms with Crippen LogP contribution in [0, 0.1) is 0 Å². The van der Waals surface area contributed by atoms with Gasteiger partial charge >= 0.3 is 5.97 Å². The Morgan fingerprint density at radius 1 is 1.69 bits per heavy atom. The molecule has 0 aliphatic carbocycles.